The minimum absolute atomic E-state index is 0.0956. The average Bonchev–Trinajstić information content (AvgIpc) is 3.46. The van der Waals surface area contributed by atoms with E-state index in [4.69, 9.17) is 0 Å². The second-order valence-electron chi connectivity index (χ2n) is 11.8. The van der Waals surface area contributed by atoms with Crippen LogP contribution in [0.1, 0.15) is 53.4 Å². The third-order valence-electron chi connectivity index (χ3n) is 8.66. The minimum atomic E-state index is -0.766. The number of carbonyl (C=O) groups excluding carboxylic acids is 3. The molecule has 0 radical (unpaired) electrons. The van der Waals surface area contributed by atoms with Crippen LogP contribution in [0.3, 0.4) is 0 Å². The molecule has 7 nitrogen and oxygen atoms in total. The summed E-state index contributed by atoms with van der Waals surface area (Å²) < 4.78 is -1.11. The van der Waals surface area contributed by atoms with Gasteiger partial charge in [-0.3, -0.25) is 14.4 Å². The molecule has 3 heterocycles. The Hall–Kier alpha value is -2.58. The molecule has 204 valence electrons. The van der Waals surface area contributed by atoms with E-state index >= 15 is 0 Å². The minimum Gasteiger partial charge on any atom is -0.394 e. The van der Waals surface area contributed by atoms with Gasteiger partial charge in [0.25, 0.3) is 0 Å². The monoisotopic (exact) mass is 537 g/mol. The van der Waals surface area contributed by atoms with Crippen molar-refractivity contribution in [3.8, 4) is 0 Å². The lowest BCUT2D eigenvalue weighted by atomic mass is 9.66. The molecule has 3 aliphatic rings. The van der Waals surface area contributed by atoms with E-state index in [0.717, 1.165) is 23.6 Å². The number of benzene rings is 2. The Morgan fingerprint density at radius 2 is 1.87 bits per heavy atom. The number of carbonyl (C=O) groups is 3. The smallest absolute Gasteiger partial charge is 0.248 e. The summed E-state index contributed by atoms with van der Waals surface area (Å²) in [7, 11) is 0. The Morgan fingerprint density at radius 3 is 2.55 bits per heavy atom. The molecule has 3 aliphatic heterocycles. The zero-order chi connectivity index (χ0) is 27.2. The van der Waals surface area contributed by atoms with E-state index in [2.05, 4.69) is 31.4 Å². The first kappa shape index (κ1) is 27.0. The SMILES string of the molecule is CCCNC(=O)[C@@H]1[C@H]2C(=O)N([C@@H](CO)CC(C)C)C(C(=O)Nc3ccc4ccccc4c3)C23CC[C@@]1(C)S3. The van der Waals surface area contributed by atoms with Crippen LogP contribution in [0.2, 0.25) is 0 Å². The van der Waals surface area contributed by atoms with E-state index < -0.39 is 33.4 Å². The van der Waals surface area contributed by atoms with Crippen molar-refractivity contribution in [2.24, 2.45) is 17.8 Å². The molecule has 1 spiro atoms. The second-order valence-corrected chi connectivity index (χ2v) is 13.7. The number of nitrogens with zero attached hydrogens (tertiary/aromatic N) is 1. The molecule has 2 unspecified atom stereocenters. The Bertz CT molecular complexity index is 1250. The quantitative estimate of drug-likeness (QED) is 0.446. The predicted molar refractivity (Wildman–Crippen MR) is 152 cm³/mol. The summed E-state index contributed by atoms with van der Waals surface area (Å²) in [5, 5.41) is 18.7. The molecular formula is C30H39N3O4S. The van der Waals surface area contributed by atoms with Crippen LogP contribution in [0.4, 0.5) is 5.69 Å². The highest BCUT2D eigenvalue weighted by Gasteiger charge is 2.77. The maximum Gasteiger partial charge on any atom is 0.248 e. The van der Waals surface area contributed by atoms with Gasteiger partial charge in [-0.2, -0.15) is 0 Å². The van der Waals surface area contributed by atoms with Crippen molar-refractivity contribution in [2.45, 2.75) is 75.0 Å². The number of aliphatic hydroxyl groups is 1. The third kappa shape index (κ3) is 4.30. The van der Waals surface area contributed by atoms with Crippen molar-refractivity contribution in [1.29, 1.82) is 0 Å². The van der Waals surface area contributed by atoms with Crippen molar-refractivity contribution in [1.82, 2.24) is 10.2 Å². The first-order valence-corrected chi connectivity index (χ1v) is 14.7. The van der Waals surface area contributed by atoms with Crippen LogP contribution in [-0.4, -0.2) is 62.5 Å². The van der Waals surface area contributed by atoms with E-state index in [0.29, 0.717) is 25.1 Å². The van der Waals surface area contributed by atoms with Gasteiger partial charge in [-0.1, -0.05) is 51.1 Å². The number of fused-ring (bicyclic) bond motifs is 2. The van der Waals surface area contributed by atoms with E-state index in [-0.39, 0.29) is 30.2 Å². The summed E-state index contributed by atoms with van der Waals surface area (Å²) >= 11 is 1.66. The Kier molecular flexibility index (Phi) is 7.24. The number of thioether (sulfide) groups is 1. The summed E-state index contributed by atoms with van der Waals surface area (Å²) in [5.74, 6) is -1.37. The Labute approximate surface area is 229 Å². The van der Waals surface area contributed by atoms with Crippen molar-refractivity contribution in [3.63, 3.8) is 0 Å². The van der Waals surface area contributed by atoms with Crippen LogP contribution >= 0.6 is 11.8 Å². The summed E-state index contributed by atoms with van der Waals surface area (Å²) in [5.41, 5.74) is 0.673. The molecule has 5 rings (SSSR count). The van der Waals surface area contributed by atoms with Crippen LogP contribution in [-0.2, 0) is 14.4 Å². The lowest BCUT2D eigenvalue weighted by Gasteiger charge is -2.37. The zero-order valence-corrected chi connectivity index (χ0v) is 23.5. The average molecular weight is 538 g/mol. The lowest BCUT2D eigenvalue weighted by molar-refractivity contribution is -0.143. The highest BCUT2D eigenvalue weighted by atomic mass is 32.2. The maximum atomic E-state index is 14.3. The highest BCUT2D eigenvalue weighted by molar-refractivity contribution is 8.02. The van der Waals surface area contributed by atoms with E-state index in [1.807, 2.05) is 49.4 Å². The molecule has 38 heavy (non-hydrogen) atoms. The summed E-state index contributed by atoms with van der Waals surface area (Å²) in [6, 6.07) is 12.5. The Morgan fingerprint density at radius 1 is 1.13 bits per heavy atom. The number of rotatable bonds is 9. The standard InChI is InChI=1S/C30H39N3O4S/c1-5-14-31-26(35)23-24-28(37)33(22(17-34)15-18(2)3)25(30(24)13-12-29(23,4)38-30)27(36)32-21-11-10-19-8-6-7-9-20(19)16-21/h6-11,16,18,22-25,34H,5,12-15,17H2,1-4H3,(H,31,35)(H,32,36)/t22-,23+,24+,25?,29-,30?/m1/s1. The normalized spacial score (nSPS) is 30.6. The van der Waals surface area contributed by atoms with Crippen molar-refractivity contribution in [3.05, 3.63) is 42.5 Å². The van der Waals surface area contributed by atoms with Crippen molar-refractivity contribution in [2.75, 3.05) is 18.5 Å². The third-order valence-corrected chi connectivity index (χ3v) is 10.6. The van der Waals surface area contributed by atoms with Gasteiger partial charge in [-0.25, -0.2) is 0 Å². The molecule has 0 aliphatic carbocycles. The number of aliphatic hydroxyl groups excluding tert-OH is 1. The molecule has 8 heteroatoms. The van der Waals surface area contributed by atoms with E-state index in [1.165, 1.54) is 0 Å². The molecule has 2 aromatic rings. The van der Waals surface area contributed by atoms with Gasteiger partial charge in [0.05, 0.1) is 29.2 Å². The molecule has 3 saturated heterocycles. The van der Waals surface area contributed by atoms with Gasteiger partial charge < -0.3 is 20.6 Å². The molecule has 3 fully saturated rings. The van der Waals surface area contributed by atoms with Crippen LogP contribution in [0.5, 0.6) is 0 Å². The lowest BCUT2D eigenvalue weighted by Crippen LogP contribution is -2.55. The van der Waals surface area contributed by atoms with Gasteiger partial charge >= 0.3 is 0 Å². The largest absolute Gasteiger partial charge is 0.394 e. The topological polar surface area (TPSA) is 98.7 Å². The summed E-state index contributed by atoms with van der Waals surface area (Å²) in [6.07, 6.45) is 2.86. The molecule has 0 saturated carbocycles. The van der Waals surface area contributed by atoms with Gasteiger partial charge in [0, 0.05) is 17.0 Å². The molecule has 2 bridgehead atoms. The number of likely N-dealkylation sites (tertiary alicyclic amines) is 1. The van der Waals surface area contributed by atoms with Crippen LogP contribution < -0.4 is 10.6 Å². The predicted octanol–water partition coefficient (Wildman–Crippen LogP) is 4.19. The molecule has 3 amide bonds. The molecule has 3 N–H and O–H groups in total. The molecule has 2 aromatic carbocycles. The van der Waals surface area contributed by atoms with E-state index in [1.54, 1.807) is 16.7 Å². The van der Waals surface area contributed by atoms with Gasteiger partial charge in [0.2, 0.25) is 17.7 Å². The van der Waals surface area contributed by atoms with Gasteiger partial charge in [0.15, 0.2) is 0 Å². The van der Waals surface area contributed by atoms with Gasteiger partial charge in [-0.05, 0) is 61.4 Å². The van der Waals surface area contributed by atoms with Gasteiger partial charge in [-0.15, -0.1) is 11.8 Å². The first-order valence-electron chi connectivity index (χ1n) is 13.9. The fraction of sp³-hybridized carbons (Fsp3) is 0.567. The first-order chi connectivity index (χ1) is 18.1. The molecular weight excluding hydrogens is 498 g/mol. The van der Waals surface area contributed by atoms with Crippen LogP contribution in [0.15, 0.2) is 42.5 Å². The highest BCUT2D eigenvalue weighted by Crippen LogP contribution is 2.71. The molecule has 6 atom stereocenters. The van der Waals surface area contributed by atoms with E-state index in [9.17, 15) is 19.5 Å². The van der Waals surface area contributed by atoms with Crippen LogP contribution in [0, 0.1) is 17.8 Å². The number of nitrogens with one attached hydrogen (secondary N) is 2. The second kappa shape index (κ2) is 10.2. The summed E-state index contributed by atoms with van der Waals surface area (Å²) in [6.45, 7) is 8.53. The maximum absolute atomic E-state index is 14.3. The van der Waals surface area contributed by atoms with Crippen molar-refractivity contribution >= 4 is 45.9 Å². The number of amides is 3. The van der Waals surface area contributed by atoms with Gasteiger partial charge in [0.1, 0.15) is 6.04 Å². The Balaban J connectivity index is 1.54. The fourth-order valence-corrected chi connectivity index (χ4v) is 9.46. The summed E-state index contributed by atoms with van der Waals surface area (Å²) in [4.78, 5) is 43.6. The van der Waals surface area contributed by atoms with Crippen molar-refractivity contribution < 1.29 is 19.5 Å². The molecule has 0 aromatic heterocycles. The number of hydrogen-bond acceptors (Lipinski definition) is 5. The number of hydrogen-bond donors (Lipinski definition) is 3. The number of anilines is 1. The van der Waals surface area contributed by atoms with Crippen LogP contribution in [0.25, 0.3) is 10.8 Å². The zero-order valence-electron chi connectivity index (χ0n) is 22.7. The fourth-order valence-electron chi connectivity index (χ4n) is 7.11.